The van der Waals surface area contributed by atoms with E-state index >= 15 is 0 Å². The van der Waals surface area contributed by atoms with Gasteiger partial charge in [-0.05, 0) is 19.1 Å². The molecular formula is C18H23NO7. The number of rotatable bonds is 2. The van der Waals surface area contributed by atoms with E-state index in [-0.39, 0.29) is 19.8 Å². The number of nitrogens with zero attached hydrogens (tertiary/aromatic N) is 1. The van der Waals surface area contributed by atoms with E-state index in [9.17, 15) is 9.59 Å². The number of benzene rings is 1. The topological polar surface area (TPSA) is 83.5 Å². The molecule has 0 atom stereocenters. The molecule has 1 saturated carbocycles. The van der Waals surface area contributed by atoms with Crippen molar-refractivity contribution in [3.63, 3.8) is 0 Å². The van der Waals surface area contributed by atoms with Crippen molar-refractivity contribution in [2.45, 2.75) is 12.5 Å². The van der Waals surface area contributed by atoms with E-state index in [1.807, 2.05) is 6.07 Å². The number of anilines is 1. The molecule has 142 valence electrons. The summed E-state index contributed by atoms with van der Waals surface area (Å²) >= 11 is 0. The van der Waals surface area contributed by atoms with Crippen LogP contribution in [0.3, 0.4) is 0 Å². The number of hydrogen-bond acceptors (Lipinski definition) is 8. The van der Waals surface area contributed by atoms with Gasteiger partial charge in [-0.15, -0.1) is 0 Å². The Morgan fingerprint density at radius 3 is 2.23 bits per heavy atom. The summed E-state index contributed by atoms with van der Waals surface area (Å²) in [7, 11) is 0. The predicted molar refractivity (Wildman–Crippen MR) is 91.2 cm³/mol. The Kier molecular flexibility index (Phi) is 6.20. The van der Waals surface area contributed by atoms with Crippen LogP contribution >= 0.6 is 0 Å². The average Bonchev–Trinajstić information content (AvgIpc) is 3.18. The number of carbonyl (C=O) groups is 2. The average molecular weight is 365 g/mol. The van der Waals surface area contributed by atoms with Gasteiger partial charge in [-0.3, -0.25) is 14.4 Å². The van der Waals surface area contributed by atoms with Crippen molar-refractivity contribution >= 4 is 17.3 Å². The molecule has 1 spiro atoms. The Hall–Kier alpha value is -2.00. The van der Waals surface area contributed by atoms with Crippen LogP contribution in [0.2, 0.25) is 0 Å². The summed E-state index contributed by atoms with van der Waals surface area (Å²) in [6.07, 6.45) is 0. The van der Waals surface area contributed by atoms with Gasteiger partial charge in [0.25, 0.3) is 0 Å². The second kappa shape index (κ2) is 8.59. The third-order valence-corrected chi connectivity index (χ3v) is 4.12. The maximum atomic E-state index is 12.2. The minimum Gasteiger partial charge on any atom is -0.489 e. The van der Waals surface area contributed by atoms with E-state index < -0.39 is 17.1 Å². The van der Waals surface area contributed by atoms with E-state index in [1.165, 1.54) is 5.06 Å². The van der Waals surface area contributed by atoms with E-state index in [1.54, 1.807) is 25.1 Å². The van der Waals surface area contributed by atoms with E-state index in [0.29, 0.717) is 44.5 Å². The number of fused-ring (bicyclic) bond motifs is 1. The lowest BCUT2D eigenvalue weighted by Gasteiger charge is -2.30. The summed E-state index contributed by atoms with van der Waals surface area (Å²) in [6.45, 7) is 4.19. The summed E-state index contributed by atoms with van der Waals surface area (Å²) in [4.78, 5) is 30.2. The molecule has 1 aromatic rings. The molecule has 26 heavy (non-hydrogen) atoms. The number of ketones is 2. The van der Waals surface area contributed by atoms with Gasteiger partial charge in [0.15, 0.2) is 0 Å². The molecule has 1 aliphatic carbocycles. The van der Waals surface area contributed by atoms with Crippen molar-refractivity contribution < 1.29 is 33.4 Å². The van der Waals surface area contributed by atoms with Gasteiger partial charge < -0.3 is 18.9 Å². The standard InChI is InChI=1S/C18H23NO7/c1-2-26-19-14-5-3-4-6-15(14)25-12-11-23-8-7-22-9-10-24-13-18(19)16(20)17(18)21/h3-6H,2,7-13H2,1H3. The number of para-hydroxylation sites is 2. The summed E-state index contributed by atoms with van der Waals surface area (Å²) < 4.78 is 22.2. The number of hydroxylamine groups is 1. The first kappa shape index (κ1) is 18.8. The molecule has 1 heterocycles. The molecule has 8 heteroatoms. The zero-order valence-electron chi connectivity index (χ0n) is 14.8. The largest absolute Gasteiger partial charge is 0.489 e. The molecule has 0 saturated heterocycles. The normalized spacial score (nSPS) is 21.5. The molecule has 1 aromatic carbocycles. The second-order valence-electron chi connectivity index (χ2n) is 5.82. The Bertz CT molecular complexity index is 634. The molecule has 3 rings (SSSR count). The fraction of sp³-hybridized carbons (Fsp3) is 0.556. The van der Waals surface area contributed by atoms with Gasteiger partial charge in [-0.2, -0.15) is 0 Å². The number of ether oxygens (including phenoxy) is 4. The van der Waals surface area contributed by atoms with Crippen LogP contribution in [0.4, 0.5) is 5.69 Å². The van der Waals surface area contributed by atoms with Crippen LogP contribution < -0.4 is 9.80 Å². The molecule has 1 aliphatic heterocycles. The lowest BCUT2D eigenvalue weighted by Crippen LogP contribution is -2.45. The van der Waals surface area contributed by atoms with Crippen molar-refractivity contribution in [2.24, 2.45) is 0 Å². The molecule has 0 unspecified atom stereocenters. The Balaban J connectivity index is 1.91. The monoisotopic (exact) mass is 365 g/mol. The lowest BCUT2D eigenvalue weighted by molar-refractivity contribution is -0.122. The fourth-order valence-electron chi connectivity index (χ4n) is 2.77. The molecule has 0 radical (unpaired) electrons. The molecule has 0 bridgehead atoms. The minimum atomic E-state index is -1.47. The van der Waals surface area contributed by atoms with E-state index in [2.05, 4.69) is 0 Å². The summed E-state index contributed by atoms with van der Waals surface area (Å²) in [5.74, 6) is -0.564. The zero-order valence-corrected chi connectivity index (χ0v) is 14.8. The fourth-order valence-corrected chi connectivity index (χ4v) is 2.77. The van der Waals surface area contributed by atoms with Crippen molar-refractivity contribution in [2.75, 3.05) is 57.9 Å². The summed E-state index contributed by atoms with van der Waals surface area (Å²) in [5, 5.41) is 1.33. The van der Waals surface area contributed by atoms with Gasteiger partial charge in [-0.25, -0.2) is 5.06 Å². The van der Waals surface area contributed by atoms with Gasteiger partial charge in [0, 0.05) is 0 Å². The van der Waals surface area contributed by atoms with E-state index in [0.717, 1.165) is 0 Å². The van der Waals surface area contributed by atoms with Crippen molar-refractivity contribution in [3.8, 4) is 5.75 Å². The quantitative estimate of drug-likeness (QED) is 0.562. The third kappa shape index (κ3) is 3.73. The first-order valence-electron chi connectivity index (χ1n) is 8.69. The molecule has 8 nitrogen and oxygen atoms in total. The maximum Gasteiger partial charge on any atom is 0.240 e. The highest BCUT2D eigenvalue weighted by atomic mass is 16.7. The first-order valence-corrected chi connectivity index (χ1v) is 8.69. The number of carbonyl (C=O) groups excluding carboxylic acids is 2. The molecule has 0 aromatic heterocycles. The molecule has 2 aliphatic rings. The molecular weight excluding hydrogens is 342 g/mol. The van der Waals surface area contributed by atoms with E-state index in [4.69, 9.17) is 23.8 Å². The lowest BCUT2D eigenvalue weighted by atomic mass is 10.2. The SMILES string of the molecule is CCON1c2ccccc2OCCOCCOCCOCC12C(=O)C2=O. The van der Waals surface area contributed by atoms with Crippen LogP contribution in [0.5, 0.6) is 5.75 Å². The molecule has 1 fully saturated rings. The van der Waals surface area contributed by atoms with Crippen LogP contribution in [-0.2, 0) is 28.6 Å². The third-order valence-electron chi connectivity index (χ3n) is 4.12. The maximum absolute atomic E-state index is 12.2. The highest BCUT2D eigenvalue weighted by molar-refractivity contribution is 6.68. The first-order chi connectivity index (χ1) is 12.7. The molecule has 0 N–H and O–H groups in total. The second-order valence-corrected chi connectivity index (χ2v) is 5.82. The van der Waals surface area contributed by atoms with Gasteiger partial charge in [0.05, 0.1) is 46.2 Å². The van der Waals surface area contributed by atoms with Gasteiger partial charge in [0.2, 0.25) is 17.1 Å². The minimum absolute atomic E-state index is 0.0984. The van der Waals surface area contributed by atoms with Gasteiger partial charge in [0.1, 0.15) is 18.0 Å². The van der Waals surface area contributed by atoms with Crippen molar-refractivity contribution in [1.29, 1.82) is 0 Å². The predicted octanol–water partition coefficient (Wildman–Crippen LogP) is 0.777. The molecule has 0 amide bonds. The highest BCUT2D eigenvalue weighted by Gasteiger charge is 2.71. The Morgan fingerprint density at radius 1 is 0.962 bits per heavy atom. The zero-order chi connectivity index (χ0) is 18.4. The van der Waals surface area contributed by atoms with Crippen molar-refractivity contribution in [3.05, 3.63) is 24.3 Å². The number of Topliss-reactive ketones (excluding diaryl/α,β-unsaturated/α-hetero) is 2. The van der Waals surface area contributed by atoms with Crippen molar-refractivity contribution in [1.82, 2.24) is 0 Å². The van der Waals surface area contributed by atoms with Crippen LogP contribution in [0.25, 0.3) is 0 Å². The van der Waals surface area contributed by atoms with Crippen LogP contribution in [0.1, 0.15) is 6.92 Å². The Labute approximate surface area is 151 Å². The summed E-state index contributed by atoms with van der Waals surface area (Å²) in [5.41, 5.74) is -0.963. The van der Waals surface area contributed by atoms with Gasteiger partial charge >= 0.3 is 0 Å². The summed E-state index contributed by atoms with van der Waals surface area (Å²) in [6, 6.07) is 7.10. The Morgan fingerprint density at radius 2 is 1.58 bits per heavy atom. The van der Waals surface area contributed by atoms with Crippen LogP contribution in [0.15, 0.2) is 24.3 Å². The number of hydrogen-bond donors (Lipinski definition) is 0. The van der Waals surface area contributed by atoms with Gasteiger partial charge in [-0.1, -0.05) is 12.1 Å². The highest BCUT2D eigenvalue weighted by Crippen LogP contribution is 2.41. The smallest absolute Gasteiger partial charge is 0.240 e. The van der Waals surface area contributed by atoms with Crippen LogP contribution in [0, 0.1) is 0 Å². The van der Waals surface area contributed by atoms with Crippen LogP contribution in [-0.4, -0.2) is 70.0 Å².